The van der Waals surface area contributed by atoms with Crippen molar-refractivity contribution in [3.05, 3.63) is 21.2 Å². The third-order valence-electron chi connectivity index (χ3n) is 3.28. The lowest BCUT2D eigenvalue weighted by Gasteiger charge is -2.33. The molecule has 0 radical (unpaired) electrons. The van der Waals surface area contributed by atoms with Gasteiger partial charge in [0, 0.05) is 13.1 Å². The van der Waals surface area contributed by atoms with Gasteiger partial charge in [0.2, 0.25) is 0 Å². The second-order valence-electron chi connectivity index (χ2n) is 4.63. The van der Waals surface area contributed by atoms with Crippen molar-refractivity contribution < 1.29 is 0 Å². The first kappa shape index (κ1) is 13.5. The summed E-state index contributed by atoms with van der Waals surface area (Å²) in [5.74, 6) is 1.40. The molecule has 6 heteroatoms. The molecule has 0 amide bonds. The van der Waals surface area contributed by atoms with E-state index in [4.69, 9.17) is 0 Å². The minimum atomic E-state index is -0.117. The molecule has 1 aliphatic rings. The Morgan fingerprint density at radius 2 is 2.50 bits per heavy atom. The van der Waals surface area contributed by atoms with Crippen LogP contribution in [0.15, 0.2) is 15.6 Å². The van der Waals surface area contributed by atoms with Gasteiger partial charge >= 0.3 is 0 Å². The molecule has 1 aliphatic heterocycles. The van der Waals surface area contributed by atoms with E-state index in [1.807, 2.05) is 0 Å². The molecule has 2 heterocycles. The van der Waals surface area contributed by atoms with Crippen LogP contribution in [0.1, 0.15) is 19.8 Å². The fraction of sp³-hybridized carbons (Fsp3) is 0.667. The highest BCUT2D eigenvalue weighted by atomic mass is 79.9. The second kappa shape index (κ2) is 6.33. The summed E-state index contributed by atoms with van der Waals surface area (Å²) < 4.78 is 0.536. The third kappa shape index (κ3) is 3.11. The van der Waals surface area contributed by atoms with Gasteiger partial charge in [0.15, 0.2) is 0 Å². The highest BCUT2D eigenvalue weighted by molar-refractivity contribution is 9.10. The molecule has 1 aromatic heterocycles. The van der Waals surface area contributed by atoms with Crippen LogP contribution in [-0.4, -0.2) is 36.1 Å². The maximum atomic E-state index is 11.6. The topological polar surface area (TPSA) is 61.0 Å². The zero-order valence-electron chi connectivity index (χ0n) is 10.6. The molecule has 0 bridgehead atoms. The fourth-order valence-electron chi connectivity index (χ4n) is 2.37. The van der Waals surface area contributed by atoms with Gasteiger partial charge in [-0.3, -0.25) is 4.79 Å². The quantitative estimate of drug-likeness (QED) is 0.881. The Morgan fingerprint density at radius 3 is 3.28 bits per heavy atom. The first-order chi connectivity index (χ1) is 8.72. The van der Waals surface area contributed by atoms with E-state index < -0.39 is 0 Å². The number of anilines is 1. The Labute approximate surface area is 115 Å². The number of aromatic amines is 1. The van der Waals surface area contributed by atoms with Crippen molar-refractivity contribution in [3.63, 3.8) is 0 Å². The van der Waals surface area contributed by atoms with Crippen LogP contribution in [0.25, 0.3) is 0 Å². The first-order valence-corrected chi connectivity index (χ1v) is 7.20. The van der Waals surface area contributed by atoms with Gasteiger partial charge in [0.25, 0.3) is 5.56 Å². The van der Waals surface area contributed by atoms with Crippen molar-refractivity contribution in [2.45, 2.75) is 19.8 Å². The number of halogens is 1. The van der Waals surface area contributed by atoms with Gasteiger partial charge in [-0.1, -0.05) is 6.92 Å². The fourth-order valence-corrected chi connectivity index (χ4v) is 2.83. The molecule has 2 rings (SSSR count). The lowest BCUT2D eigenvalue weighted by atomic mass is 9.98. The smallest absolute Gasteiger partial charge is 0.267 e. The molecule has 0 aliphatic carbocycles. The number of hydrogen-bond donors (Lipinski definition) is 2. The van der Waals surface area contributed by atoms with E-state index in [1.165, 1.54) is 12.7 Å². The molecule has 1 fully saturated rings. The van der Waals surface area contributed by atoms with Crippen LogP contribution in [0.3, 0.4) is 0 Å². The summed E-state index contributed by atoms with van der Waals surface area (Å²) in [6.45, 7) is 6.09. The number of nitrogens with zero attached hydrogens (tertiary/aromatic N) is 2. The lowest BCUT2D eigenvalue weighted by molar-refractivity contribution is 0.394. The number of piperidine rings is 1. The Hall–Kier alpha value is -0.880. The van der Waals surface area contributed by atoms with Gasteiger partial charge in [0.1, 0.15) is 10.3 Å². The van der Waals surface area contributed by atoms with E-state index in [0.29, 0.717) is 10.4 Å². The molecule has 0 saturated carbocycles. The average Bonchev–Trinajstić information content (AvgIpc) is 2.40. The number of rotatable bonds is 4. The molecule has 100 valence electrons. The van der Waals surface area contributed by atoms with Gasteiger partial charge in [-0.25, -0.2) is 4.98 Å². The molecular weight excluding hydrogens is 296 g/mol. The van der Waals surface area contributed by atoms with Crippen LogP contribution in [0, 0.1) is 5.92 Å². The van der Waals surface area contributed by atoms with Crippen LogP contribution in [0.5, 0.6) is 0 Å². The first-order valence-electron chi connectivity index (χ1n) is 6.41. The molecule has 1 atom stereocenters. The zero-order valence-corrected chi connectivity index (χ0v) is 12.2. The van der Waals surface area contributed by atoms with E-state index in [0.717, 1.165) is 38.4 Å². The molecule has 0 aromatic carbocycles. The van der Waals surface area contributed by atoms with Crippen LogP contribution < -0.4 is 15.8 Å². The van der Waals surface area contributed by atoms with Crippen molar-refractivity contribution in [3.8, 4) is 0 Å². The Bertz CT molecular complexity index is 448. The van der Waals surface area contributed by atoms with Crippen LogP contribution in [-0.2, 0) is 0 Å². The molecule has 5 nitrogen and oxygen atoms in total. The van der Waals surface area contributed by atoms with Gasteiger partial charge < -0.3 is 15.2 Å². The normalized spacial score (nSPS) is 20.1. The largest absolute Gasteiger partial charge is 0.355 e. The van der Waals surface area contributed by atoms with Gasteiger partial charge in [-0.05, 0) is 47.8 Å². The molecular formula is C12H19BrN4O. The summed E-state index contributed by atoms with van der Waals surface area (Å²) in [6, 6.07) is 0. The summed E-state index contributed by atoms with van der Waals surface area (Å²) in [4.78, 5) is 20.6. The minimum absolute atomic E-state index is 0.117. The third-order valence-corrected chi connectivity index (χ3v) is 3.99. The number of aromatic nitrogens is 2. The molecule has 0 spiro atoms. The van der Waals surface area contributed by atoms with E-state index in [2.05, 4.69) is 43.0 Å². The highest BCUT2D eigenvalue weighted by Gasteiger charge is 2.22. The average molecular weight is 315 g/mol. The van der Waals surface area contributed by atoms with Gasteiger partial charge in [0.05, 0.1) is 6.33 Å². The van der Waals surface area contributed by atoms with Crippen LogP contribution in [0.2, 0.25) is 0 Å². The van der Waals surface area contributed by atoms with Crippen molar-refractivity contribution in [1.82, 2.24) is 15.3 Å². The predicted octanol–water partition coefficient (Wildman–Crippen LogP) is 1.36. The summed E-state index contributed by atoms with van der Waals surface area (Å²) >= 11 is 3.32. The SMILES string of the molecule is CCNCC1CCCN(c2nc[nH]c(=O)c2Br)C1. The van der Waals surface area contributed by atoms with Crippen molar-refractivity contribution in [2.75, 3.05) is 31.1 Å². The Morgan fingerprint density at radius 1 is 1.67 bits per heavy atom. The minimum Gasteiger partial charge on any atom is -0.355 e. The van der Waals surface area contributed by atoms with Crippen molar-refractivity contribution >= 4 is 21.7 Å². The summed E-state index contributed by atoms with van der Waals surface area (Å²) in [7, 11) is 0. The monoisotopic (exact) mass is 314 g/mol. The van der Waals surface area contributed by atoms with E-state index >= 15 is 0 Å². The second-order valence-corrected chi connectivity index (χ2v) is 5.42. The highest BCUT2D eigenvalue weighted by Crippen LogP contribution is 2.25. The molecule has 1 unspecified atom stereocenters. The van der Waals surface area contributed by atoms with E-state index in [-0.39, 0.29) is 5.56 Å². The number of hydrogen-bond acceptors (Lipinski definition) is 4. The van der Waals surface area contributed by atoms with Crippen LogP contribution >= 0.6 is 15.9 Å². The van der Waals surface area contributed by atoms with Crippen LogP contribution in [0.4, 0.5) is 5.82 Å². The van der Waals surface area contributed by atoms with E-state index in [1.54, 1.807) is 0 Å². The molecule has 18 heavy (non-hydrogen) atoms. The predicted molar refractivity (Wildman–Crippen MR) is 76.0 cm³/mol. The van der Waals surface area contributed by atoms with Crippen molar-refractivity contribution in [1.29, 1.82) is 0 Å². The summed E-state index contributed by atoms with van der Waals surface area (Å²) in [6.07, 6.45) is 3.86. The lowest BCUT2D eigenvalue weighted by Crippen LogP contribution is -2.40. The maximum absolute atomic E-state index is 11.6. The molecule has 2 N–H and O–H groups in total. The Kier molecular flexibility index (Phi) is 4.77. The zero-order chi connectivity index (χ0) is 13.0. The standard InChI is InChI=1S/C12H19BrN4O/c1-2-14-6-9-4-3-5-17(7-9)11-10(13)12(18)16-8-15-11/h8-9,14H,2-7H2,1H3,(H,15,16,18). The summed E-state index contributed by atoms with van der Waals surface area (Å²) in [5.41, 5.74) is -0.117. The molecule has 1 saturated heterocycles. The van der Waals surface area contributed by atoms with Crippen molar-refractivity contribution in [2.24, 2.45) is 5.92 Å². The van der Waals surface area contributed by atoms with Gasteiger partial charge in [-0.15, -0.1) is 0 Å². The van der Waals surface area contributed by atoms with Gasteiger partial charge in [-0.2, -0.15) is 0 Å². The molecule has 1 aromatic rings. The number of H-pyrrole nitrogens is 1. The summed E-state index contributed by atoms with van der Waals surface area (Å²) in [5, 5.41) is 3.39. The maximum Gasteiger partial charge on any atom is 0.267 e. The van der Waals surface area contributed by atoms with E-state index in [9.17, 15) is 4.79 Å². The Balaban J connectivity index is 2.08. The number of nitrogens with one attached hydrogen (secondary N) is 2.